The van der Waals surface area contributed by atoms with Gasteiger partial charge in [-0.15, -0.1) is 0 Å². The number of hydrogen-bond acceptors (Lipinski definition) is 5. The molecule has 0 saturated carbocycles. The third-order valence-corrected chi connectivity index (χ3v) is 3.95. The number of amides is 1. The molecule has 2 rings (SSSR count). The van der Waals surface area contributed by atoms with Gasteiger partial charge in [0.1, 0.15) is 23.4 Å². The summed E-state index contributed by atoms with van der Waals surface area (Å²) < 4.78 is 12.3. The lowest BCUT2D eigenvalue weighted by Gasteiger charge is -2.19. The molecule has 0 aliphatic carbocycles. The molecule has 0 bridgehead atoms. The monoisotopic (exact) mass is 366 g/mol. The van der Waals surface area contributed by atoms with Crippen LogP contribution in [0.4, 0.5) is 11.5 Å². The standard InChI is InChI=1S/C17H23ClN4O3/c1-10(2)22-16(6-7-19-22)21-17(23)11(3)20-13-8-12(18)14(24-4)9-15(13)25-5/h6-11,20H,1-5H3,(H,21,23). The first-order chi connectivity index (χ1) is 11.9. The number of methoxy groups -OCH3 is 2. The summed E-state index contributed by atoms with van der Waals surface area (Å²) in [4.78, 5) is 12.5. The second kappa shape index (κ2) is 8.11. The molecule has 1 amide bonds. The minimum atomic E-state index is -0.520. The summed E-state index contributed by atoms with van der Waals surface area (Å²) in [5, 5.41) is 10.6. The molecule has 0 spiro atoms. The summed E-state index contributed by atoms with van der Waals surface area (Å²) >= 11 is 6.16. The lowest BCUT2D eigenvalue weighted by Crippen LogP contribution is -2.33. The van der Waals surface area contributed by atoms with E-state index in [1.807, 2.05) is 13.8 Å². The van der Waals surface area contributed by atoms with Gasteiger partial charge in [0, 0.05) is 18.2 Å². The molecule has 7 nitrogen and oxygen atoms in total. The highest BCUT2D eigenvalue weighted by atomic mass is 35.5. The average molecular weight is 367 g/mol. The van der Waals surface area contributed by atoms with Crippen molar-refractivity contribution in [3.63, 3.8) is 0 Å². The fraction of sp³-hybridized carbons (Fsp3) is 0.412. The Morgan fingerprint density at radius 2 is 1.88 bits per heavy atom. The third-order valence-electron chi connectivity index (χ3n) is 3.65. The summed E-state index contributed by atoms with van der Waals surface area (Å²) in [5.74, 6) is 1.49. The Hall–Kier alpha value is -2.41. The highest BCUT2D eigenvalue weighted by molar-refractivity contribution is 6.32. The van der Waals surface area contributed by atoms with Crippen LogP contribution >= 0.6 is 11.6 Å². The van der Waals surface area contributed by atoms with Crippen LogP contribution in [0.1, 0.15) is 26.8 Å². The first-order valence-corrected chi connectivity index (χ1v) is 8.27. The van der Waals surface area contributed by atoms with E-state index >= 15 is 0 Å². The van der Waals surface area contributed by atoms with Gasteiger partial charge in [0.2, 0.25) is 5.91 Å². The van der Waals surface area contributed by atoms with Gasteiger partial charge in [-0.25, -0.2) is 4.68 Å². The number of ether oxygens (including phenoxy) is 2. The van der Waals surface area contributed by atoms with Crippen LogP contribution in [-0.4, -0.2) is 35.9 Å². The number of nitrogens with zero attached hydrogens (tertiary/aromatic N) is 2. The molecule has 0 radical (unpaired) electrons. The number of halogens is 1. The smallest absolute Gasteiger partial charge is 0.247 e. The molecule has 0 saturated heterocycles. The van der Waals surface area contributed by atoms with Crippen LogP contribution in [0.15, 0.2) is 24.4 Å². The number of rotatable bonds is 7. The van der Waals surface area contributed by atoms with E-state index in [9.17, 15) is 4.79 Å². The molecule has 136 valence electrons. The Labute approximate surface area is 152 Å². The van der Waals surface area contributed by atoms with Crippen molar-refractivity contribution < 1.29 is 14.3 Å². The van der Waals surface area contributed by atoms with Crippen LogP contribution in [0.5, 0.6) is 11.5 Å². The van der Waals surface area contributed by atoms with Gasteiger partial charge < -0.3 is 20.1 Å². The largest absolute Gasteiger partial charge is 0.495 e. The molecular formula is C17H23ClN4O3. The van der Waals surface area contributed by atoms with E-state index in [1.54, 1.807) is 43.1 Å². The fourth-order valence-electron chi connectivity index (χ4n) is 2.33. The van der Waals surface area contributed by atoms with E-state index in [2.05, 4.69) is 15.7 Å². The number of nitrogens with one attached hydrogen (secondary N) is 2. The molecule has 0 aliphatic heterocycles. The first kappa shape index (κ1) is 18.9. The summed E-state index contributed by atoms with van der Waals surface area (Å²) in [6.45, 7) is 5.74. The van der Waals surface area contributed by atoms with Crippen LogP contribution < -0.4 is 20.1 Å². The van der Waals surface area contributed by atoms with Gasteiger partial charge in [0.25, 0.3) is 0 Å². The number of carbonyl (C=O) groups is 1. The van der Waals surface area contributed by atoms with Crippen molar-refractivity contribution in [3.05, 3.63) is 29.4 Å². The summed E-state index contributed by atoms with van der Waals surface area (Å²) in [7, 11) is 3.07. The topological polar surface area (TPSA) is 77.4 Å². The zero-order valence-electron chi connectivity index (χ0n) is 15.0. The van der Waals surface area contributed by atoms with E-state index in [1.165, 1.54) is 7.11 Å². The predicted octanol–water partition coefficient (Wildman–Crippen LogP) is 3.57. The molecule has 2 aromatic rings. The van der Waals surface area contributed by atoms with Crippen LogP contribution in [0, 0.1) is 0 Å². The van der Waals surface area contributed by atoms with E-state index in [-0.39, 0.29) is 11.9 Å². The Morgan fingerprint density at radius 1 is 1.20 bits per heavy atom. The van der Waals surface area contributed by atoms with Gasteiger partial charge in [-0.1, -0.05) is 11.6 Å². The zero-order valence-corrected chi connectivity index (χ0v) is 15.7. The van der Waals surface area contributed by atoms with Gasteiger partial charge in [0.15, 0.2) is 0 Å². The third kappa shape index (κ3) is 4.36. The molecule has 25 heavy (non-hydrogen) atoms. The fourth-order valence-corrected chi connectivity index (χ4v) is 2.57. The molecule has 0 aliphatic rings. The molecule has 1 heterocycles. The lowest BCUT2D eigenvalue weighted by atomic mass is 10.2. The molecule has 8 heteroatoms. The van der Waals surface area contributed by atoms with Crippen LogP contribution in [0.25, 0.3) is 0 Å². The van der Waals surface area contributed by atoms with Gasteiger partial charge in [-0.3, -0.25) is 4.79 Å². The predicted molar refractivity (Wildman–Crippen MR) is 98.9 cm³/mol. The van der Waals surface area contributed by atoms with E-state index in [0.717, 1.165) is 0 Å². The summed E-state index contributed by atoms with van der Waals surface area (Å²) in [5.41, 5.74) is 0.605. The Morgan fingerprint density at radius 3 is 2.48 bits per heavy atom. The van der Waals surface area contributed by atoms with Crippen LogP contribution in [0.2, 0.25) is 5.02 Å². The van der Waals surface area contributed by atoms with Crippen molar-refractivity contribution in [2.45, 2.75) is 32.9 Å². The van der Waals surface area contributed by atoms with E-state index in [0.29, 0.717) is 28.0 Å². The van der Waals surface area contributed by atoms with Crippen molar-refractivity contribution >= 4 is 29.0 Å². The minimum absolute atomic E-state index is 0.147. The van der Waals surface area contributed by atoms with Crippen molar-refractivity contribution in [2.24, 2.45) is 0 Å². The Balaban J connectivity index is 2.13. The van der Waals surface area contributed by atoms with Crippen molar-refractivity contribution in [2.75, 3.05) is 24.9 Å². The highest BCUT2D eigenvalue weighted by Gasteiger charge is 2.18. The second-order valence-corrected chi connectivity index (χ2v) is 6.20. The number of benzene rings is 1. The quantitative estimate of drug-likeness (QED) is 0.783. The number of anilines is 2. The van der Waals surface area contributed by atoms with Crippen molar-refractivity contribution in [3.8, 4) is 11.5 Å². The average Bonchev–Trinajstić information content (AvgIpc) is 3.03. The van der Waals surface area contributed by atoms with Crippen LogP contribution in [0.3, 0.4) is 0 Å². The zero-order chi connectivity index (χ0) is 18.6. The van der Waals surface area contributed by atoms with Crippen LogP contribution in [-0.2, 0) is 4.79 Å². The highest BCUT2D eigenvalue weighted by Crippen LogP contribution is 2.36. The molecule has 1 aromatic heterocycles. The minimum Gasteiger partial charge on any atom is -0.495 e. The Kier molecular flexibility index (Phi) is 6.14. The number of aromatic nitrogens is 2. The van der Waals surface area contributed by atoms with E-state index in [4.69, 9.17) is 21.1 Å². The number of carbonyl (C=O) groups excluding carboxylic acids is 1. The van der Waals surface area contributed by atoms with E-state index < -0.39 is 6.04 Å². The maximum atomic E-state index is 12.5. The molecule has 1 atom stereocenters. The van der Waals surface area contributed by atoms with Gasteiger partial charge in [-0.05, 0) is 26.8 Å². The van der Waals surface area contributed by atoms with Gasteiger partial charge in [0.05, 0.1) is 31.1 Å². The first-order valence-electron chi connectivity index (χ1n) is 7.89. The van der Waals surface area contributed by atoms with Gasteiger partial charge in [-0.2, -0.15) is 5.10 Å². The molecule has 1 unspecified atom stereocenters. The molecule has 2 N–H and O–H groups in total. The molecule has 1 aromatic carbocycles. The Bertz CT molecular complexity index is 745. The maximum Gasteiger partial charge on any atom is 0.247 e. The van der Waals surface area contributed by atoms with Gasteiger partial charge >= 0.3 is 0 Å². The summed E-state index contributed by atoms with van der Waals surface area (Å²) in [6.07, 6.45) is 1.65. The number of hydrogen-bond donors (Lipinski definition) is 2. The van der Waals surface area contributed by atoms with Crippen molar-refractivity contribution in [1.82, 2.24) is 9.78 Å². The SMILES string of the molecule is COc1cc(OC)c(NC(C)C(=O)Nc2ccnn2C(C)C)cc1Cl. The summed E-state index contributed by atoms with van der Waals surface area (Å²) in [6, 6.07) is 4.72. The normalized spacial score (nSPS) is 12.0. The molecule has 0 fully saturated rings. The van der Waals surface area contributed by atoms with Crippen molar-refractivity contribution in [1.29, 1.82) is 0 Å². The lowest BCUT2D eigenvalue weighted by molar-refractivity contribution is -0.116. The molecular weight excluding hydrogens is 344 g/mol. The maximum absolute atomic E-state index is 12.5. The second-order valence-electron chi connectivity index (χ2n) is 5.80.